The second kappa shape index (κ2) is 35.8. The lowest BCUT2D eigenvalue weighted by molar-refractivity contribution is -0.141. The molecule has 8 aromatic heterocycles. The molecule has 0 unspecified atom stereocenters. The molecule has 4 aliphatic rings. The maximum atomic E-state index is 13.2. The van der Waals surface area contributed by atoms with Crippen LogP contribution in [0.15, 0.2) is 155 Å². The Morgan fingerprint density at radius 1 is 0.338 bits per heavy atom. The molecule has 12 heterocycles. The Balaban J connectivity index is 0.000000149. The van der Waals surface area contributed by atoms with Crippen LogP contribution >= 0.6 is 31.9 Å². The van der Waals surface area contributed by atoms with Crippen LogP contribution in [0, 0.1) is 0 Å². The van der Waals surface area contributed by atoms with Gasteiger partial charge in [0.2, 0.25) is 0 Å². The van der Waals surface area contributed by atoms with Crippen molar-refractivity contribution < 1.29 is 128 Å². The summed E-state index contributed by atoms with van der Waals surface area (Å²) in [5.41, 5.74) is -4.52. The van der Waals surface area contributed by atoms with Gasteiger partial charge in [-0.2, -0.15) is 73.1 Å². The molecule has 4 aromatic carbocycles. The number of fused-ring (bicyclic) bond motifs is 4. The fourth-order valence-electron chi connectivity index (χ4n) is 13.2. The van der Waals surface area contributed by atoms with Crippen molar-refractivity contribution >= 4 is 139 Å². The minimum Gasteiger partial charge on any atom is -0.465 e. The van der Waals surface area contributed by atoms with E-state index >= 15 is 0 Å². The molecule has 130 heavy (non-hydrogen) atoms. The number of esters is 4. The maximum Gasteiger partial charge on any atom is 0.494 e. The minimum absolute atomic E-state index is 0.00580. The molecule has 4 aliphatic heterocycles. The van der Waals surface area contributed by atoms with Gasteiger partial charge in [-0.3, -0.25) is 0 Å². The third-order valence-corrected chi connectivity index (χ3v) is 24.0. The number of methoxy groups -OCH3 is 4. The van der Waals surface area contributed by atoms with Gasteiger partial charge in [0, 0.05) is 42.9 Å². The second-order valence-electron chi connectivity index (χ2n) is 33.9. The average molecular weight is 1950 g/mol. The Bertz CT molecular complexity index is 6190. The molecular formula is C84H84B4Br2F12N12O16. The van der Waals surface area contributed by atoms with Crippen molar-refractivity contribution in [3.8, 4) is 23.3 Å². The summed E-state index contributed by atoms with van der Waals surface area (Å²) in [4.78, 5) is 63.2. The highest BCUT2D eigenvalue weighted by Gasteiger charge is 2.64. The van der Waals surface area contributed by atoms with Crippen molar-refractivity contribution in [2.45, 2.75) is 180 Å². The summed E-state index contributed by atoms with van der Waals surface area (Å²) in [6.45, 7) is 31.4. The number of hydrogen-bond donors (Lipinski definition) is 0. The van der Waals surface area contributed by atoms with Crippen LogP contribution in [-0.4, -0.2) is 184 Å². The minimum atomic E-state index is -4.61. The van der Waals surface area contributed by atoms with Gasteiger partial charge in [0.15, 0.2) is 23.3 Å². The number of carbonyl (C=O) groups excluding carboxylic acids is 4. The van der Waals surface area contributed by atoms with Crippen molar-refractivity contribution in [2.24, 2.45) is 0 Å². The van der Waals surface area contributed by atoms with Gasteiger partial charge in [-0.25, -0.2) is 57.8 Å². The summed E-state index contributed by atoms with van der Waals surface area (Å²) in [6.07, 6.45) is -12.7. The molecule has 0 aliphatic carbocycles. The SMILES string of the molecule is CC1(C)OB(B2OC(C)(C)C(C)(C)O2)OC1(C)C.COC(=O)c1cc(B2OC(C)(C)C(C)(C)O2)cc2c1cnn2-c1cccc(C(F)(F)F)n1.COC(=O)c1cc(B2OC(C)(C)C(C)(C)O2)cc2nn(-c3cccc(C(F)(F)F)n3)cc12.COC(=O)c1cc(Br)cc2c1cnn2-c1cccc(C(F)(F)F)n1.COC(=O)c1cc(Br)cc2nn(-c3cccc(C(F)(F)F)n3)cc12. The maximum absolute atomic E-state index is 13.2. The lowest BCUT2D eigenvalue weighted by Crippen LogP contribution is -2.41. The highest BCUT2D eigenvalue weighted by Crippen LogP contribution is 2.45. The molecule has 12 aromatic rings. The molecule has 686 valence electrons. The number of benzene rings is 4. The molecule has 0 N–H and O–H groups in total. The van der Waals surface area contributed by atoms with Gasteiger partial charge in [0.25, 0.3) is 0 Å². The summed E-state index contributed by atoms with van der Waals surface area (Å²) in [6, 6.07) is 27.0. The molecule has 0 bridgehead atoms. The third-order valence-electron chi connectivity index (χ3n) is 23.0. The smallest absolute Gasteiger partial charge is 0.465 e. The number of pyridine rings is 4. The summed E-state index contributed by atoms with van der Waals surface area (Å²) in [5.74, 6) is -2.48. The van der Waals surface area contributed by atoms with Gasteiger partial charge in [-0.05, 0) is 219 Å². The first kappa shape index (κ1) is 98.3. The summed E-state index contributed by atoms with van der Waals surface area (Å²) in [5, 5.41) is 18.5. The molecule has 28 nitrogen and oxygen atoms in total. The predicted molar refractivity (Wildman–Crippen MR) is 460 cm³/mol. The summed E-state index contributed by atoms with van der Waals surface area (Å²) < 4.78 is 229. The summed E-state index contributed by atoms with van der Waals surface area (Å²) >= 11 is 6.53. The van der Waals surface area contributed by atoms with E-state index in [1.54, 1.807) is 48.5 Å². The van der Waals surface area contributed by atoms with E-state index in [2.05, 4.69) is 72.2 Å². The van der Waals surface area contributed by atoms with Gasteiger partial charge in [0.05, 0.1) is 130 Å². The first-order valence-corrected chi connectivity index (χ1v) is 41.1. The van der Waals surface area contributed by atoms with Gasteiger partial charge in [-0.1, -0.05) is 56.1 Å². The zero-order chi connectivity index (χ0) is 95.9. The second-order valence-corrected chi connectivity index (χ2v) is 35.8. The molecule has 0 spiro atoms. The van der Waals surface area contributed by atoms with E-state index in [0.717, 1.165) is 24.3 Å². The first-order valence-electron chi connectivity index (χ1n) is 39.5. The van der Waals surface area contributed by atoms with Gasteiger partial charge < -0.3 is 56.2 Å². The van der Waals surface area contributed by atoms with Crippen molar-refractivity contribution in [1.82, 2.24) is 59.1 Å². The van der Waals surface area contributed by atoms with Crippen LogP contribution in [0.3, 0.4) is 0 Å². The van der Waals surface area contributed by atoms with E-state index in [9.17, 15) is 71.9 Å². The number of halogens is 14. The van der Waals surface area contributed by atoms with Crippen LogP contribution < -0.4 is 10.9 Å². The van der Waals surface area contributed by atoms with E-state index in [1.807, 2.05) is 111 Å². The van der Waals surface area contributed by atoms with Crippen molar-refractivity contribution in [3.05, 3.63) is 200 Å². The first-order chi connectivity index (χ1) is 60.1. The van der Waals surface area contributed by atoms with Crippen molar-refractivity contribution in [1.29, 1.82) is 0 Å². The number of nitrogens with zero attached hydrogens (tertiary/aromatic N) is 12. The van der Waals surface area contributed by atoms with Gasteiger partial charge >= 0.3 is 76.8 Å². The van der Waals surface area contributed by atoms with Crippen LogP contribution in [-0.2, 0) is 80.9 Å². The van der Waals surface area contributed by atoms with E-state index < -0.39 is 122 Å². The topological polar surface area (TPSA) is 302 Å². The van der Waals surface area contributed by atoms with Crippen LogP contribution in [0.1, 0.15) is 175 Å². The molecule has 4 saturated heterocycles. The predicted octanol–water partition coefficient (Wildman–Crippen LogP) is 17.3. The number of rotatable bonds is 11. The van der Waals surface area contributed by atoms with Crippen molar-refractivity contribution in [3.63, 3.8) is 0 Å². The Morgan fingerprint density at radius 2 is 0.600 bits per heavy atom. The van der Waals surface area contributed by atoms with E-state index in [-0.39, 0.29) is 67.9 Å². The highest BCUT2D eigenvalue weighted by atomic mass is 79.9. The quantitative estimate of drug-likeness (QED) is 0.0503. The molecule has 46 heteroatoms. The zero-order valence-electron chi connectivity index (χ0n) is 73.4. The number of carbonyl (C=O) groups is 4. The lowest BCUT2D eigenvalue weighted by Gasteiger charge is -2.32. The summed E-state index contributed by atoms with van der Waals surface area (Å²) in [7, 11) is 2.47. The normalized spacial score (nSPS) is 17.5. The van der Waals surface area contributed by atoms with Gasteiger partial charge in [-0.15, -0.1) is 0 Å². The van der Waals surface area contributed by atoms with Crippen LogP contribution in [0.25, 0.3) is 66.9 Å². The molecule has 16 rings (SSSR count). The fourth-order valence-corrected chi connectivity index (χ4v) is 14.1. The van der Waals surface area contributed by atoms with Gasteiger partial charge in [0.1, 0.15) is 22.8 Å². The molecule has 4 fully saturated rings. The van der Waals surface area contributed by atoms with Crippen LogP contribution in [0.2, 0.25) is 0 Å². The Morgan fingerprint density at radius 3 is 0.923 bits per heavy atom. The third kappa shape index (κ3) is 20.3. The standard InChI is InChI=1S/2C21H21BF3N3O4.2C15H9BrF3N3O2.C12H24B2O4/c1-19(2)20(3,4)32-22(31-19)12-9-13(18(29)30-5)14-11-28(27-15(14)10-12)17-8-6-7-16(26-17)21(23,24)25;1-19(2)20(3,4)32-22(31-19)12-9-13(18(29)30-5)14-11-26-28(15(14)10-12)17-8-6-7-16(27-17)21(23,24)25;1-24-14(23)9-5-8(16)6-11-10(9)7-22(21-11)13-4-2-3-12(20-13)15(17,18)19;1-24-14(23)9-5-8(16)6-11-10(9)7-20-22(11)13-4-2-3-12(21-13)15(17,18)19;1-9(2)10(3,4)16-13(15-9)14-17-11(5,6)12(7,8)18-14/h2*6-11H,1-5H3;2*2-7H,1H3;1-8H3. The largest absolute Gasteiger partial charge is 0.494 e. The van der Waals surface area contributed by atoms with E-state index in [1.165, 1.54) is 120 Å². The van der Waals surface area contributed by atoms with Crippen LogP contribution in [0.4, 0.5) is 52.7 Å². The Labute approximate surface area is 753 Å². The number of ether oxygens (including phenoxy) is 4. The van der Waals surface area contributed by atoms with Crippen molar-refractivity contribution in [2.75, 3.05) is 28.4 Å². The molecular weight excluding hydrogens is 1860 g/mol. The highest BCUT2D eigenvalue weighted by molar-refractivity contribution is 9.10. The lowest BCUT2D eigenvalue weighted by atomic mass is 9.49. The van der Waals surface area contributed by atoms with E-state index in [4.69, 9.17) is 56.2 Å². The van der Waals surface area contributed by atoms with E-state index in [0.29, 0.717) is 63.5 Å². The zero-order valence-corrected chi connectivity index (χ0v) is 76.5. The molecule has 0 amide bonds. The Hall–Kier alpha value is -10.7. The Kier molecular flexibility index (Phi) is 27.1. The molecule has 0 radical (unpaired) electrons. The average Bonchev–Trinajstić information content (AvgIpc) is 1.60. The number of alkyl halides is 12. The number of aromatic nitrogens is 12. The fraction of sp³-hybridized carbons (Fsp3) is 0.381. The molecule has 0 saturated carbocycles. The number of hydrogen-bond acceptors (Lipinski definition) is 24. The molecule has 0 atom stereocenters. The monoisotopic (exact) mass is 1950 g/mol. The van der Waals surface area contributed by atoms with Crippen LogP contribution in [0.5, 0.6) is 0 Å².